The van der Waals surface area contributed by atoms with Crippen LogP contribution in [0.15, 0.2) is 41.7 Å². The van der Waals surface area contributed by atoms with Crippen LogP contribution in [0.1, 0.15) is 50.7 Å². The zero-order valence-electron chi connectivity index (χ0n) is 18.6. The molecule has 1 aromatic carbocycles. The molecular weight excluding hydrogens is 376 g/mol. The van der Waals surface area contributed by atoms with Crippen molar-refractivity contribution in [2.24, 2.45) is 18.0 Å². The number of guanidine groups is 1. The molecule has 1 aromatic heterocycles. The second-order valence-corrected chi connectivity index (χ2v) is 8.05. The third-order valence-corrected chi connectivity index (χ3v) is 5.68. The molecule has 0 spiro atoms. The minimum absolute atomic E-state index is 0.00922. The Morgan fingerprint density at radius 2 is 2.20 bits per heavy atom. The van der Waals surface area contributed by atoms with Gasteiger partial charge in [-0.25, -0.2) is 4.99 Å². The van der Waals surface area contributed by atoms with E-state index in [4.69, 9.17) is 4.99 Å². The number of anilines is 1. The zero-order chi connectivity index (χ0) is 21.5. The molecule has 7 heteroatoms. The van der Waals surface area contributed by atoms with E-state index in [9.17, 15) is 4.79 Å². The molecule has 1 fully saturated rings. The average Bonchev–Trinajstić information content (AvgIpc) is 3.40. The quantitative estimate of drug-likeness (QED) is 0.542. The summed E-state index contributed by atoms with van der Waals surface area (Å²) in [6, 6.07) is 7.96. The van der Waals surface area contributed by atoms with Gasteiger partial charge < -0.3 is 15.5 Å². The van der Waals surface area contributed by atoms with Crippen molar-refractivity contribution in [2.75, 3.05) is 25.0 Å². The van der Waals surface area contributed by atoms with E-state index >= 15 is 0 Å². The molecule has 2 unspecified atom stereocenters. The van der Waals surface area contributed by atoms with Crippen LogP contribution in [0.2, 0.25) is 0 Å². The van der Waals surface area contributed by atoms with Gasteiger partial charge in [-0.15, -0.1) is 0 Å². The molecule has 1 aliphatic heterocycles. The highest BCUT2D eigenvalue weighted by molar-refractivity contribution is 5.92. The Balaban J connectivity index is 1.65. The number of aryl methyl sites for hydroxylation is 1. The molecule has 162 valence electrons. The van der Waals surface area contributed by atoms with Gasteiger partial charge in [0.2, 0.25) is 5.91 Å². The van der Waals surface area contributed by atoms with Gasteiger partial charge in [0.05, 0.1) is 12.7 Å². The Labute approximate surface area is 179 Å². The van der Waals surface area contributed by atoms with Crippen LogP contribution >= 0.6 is 0 Å². The minimum atomic E-state index is 0.00922. The summed E-state index contributed by atoms with van der Waals surface area (Å²) >= 11 is 0. The maximum absolute atomic E-state index is 12.2. The van der Waals surface area contributed by atoms with E-state index in [0.29, 0.717) is 12.5 Å². The van der Waals surface area contributed by atoms with Crippen molar-refractivity contribution in [1.29, 1.82) is 0 Å². The standard InChI is InChI=1S/C23H34N6O/c1-5-17(3)22(30)27-21-9-7-8-18(12-21)13-25-23(24-6-2)29-11-10-19(16-29)20-14-26-28(4)15-20/h7-9,12,14-15,17,19H,5-6,10-11,13,16H2,1-4H3,(H,24,25)(H,27,30). The minimum Gasteiger partial charge on any atom is -0.357 e. The molecule has 1 amide bonds. The first-order chi connectivity index (χ1) is 14.5. The lowest BCUT2D eigenvalue weighted by atomic mass is 10.0. The van der Waals surface area contributed by atoms with Crippen molar-refractivity contribution in [3.8, 4) is 0 Å². The van der Waals surface area contributed by atoms with Crippen LogP contribution in [-0.4, -0.2) is 46.2 Å². The third-order valence-electron chi connectivity index (χ3n) is 5.68. The van der Waals surface area contributed by atoms with Gasteiger partial charge in [0, 0.05) is 50.4 Å². The van der Waals surface area contributed by atoms with Crippen molar-refractivity contribution >= 4 is 17.6 Å². The van der Waals surface area contributed by atoms with Gasteiger partial charge in [0.1, 0.15) is 0 Å². The lowest BCUT2D eigenvalue weighted by Gasteiger charge is -2.21. The molecule has 2 aromatic rings. The monoisotopic (exact) mass is 410 g/mol. The van der Waals surface area contributed by atoms with Crippen LogP contribution in [-0.2, 0) is 18.4 Å². The van der Waals surface area contributed by atoms with Crippen molar-refractivity contribution in [3.05, 3.63) is 47.8 Å². The lowest BCUT2D eigenvalue weighted by Crippen LogP contribution is -2.40. The Hall–Kier alpha value is -2.83. The highest BCUT2D eigenvalue weighted by Crippen LogP contribution is 2.26. The van der Waals surface area contributed by atoms with E-state index in [1.807, 2.05) is 56.0 Å². The van der Waals surface area contributed by atoms with Crippen LogP contribution < -0.4 is 10.6 Å². The van der Waals surface area contributed by atoms with Crippen molar-refractivity contribution in [1.82, 2.24) is 20.0 Å². The number of nitrogens with one attached hydrogen (secondary N) is 2. The van der Waals surface area contributed by atoms with Crippen LogP contribution in [0.25, 0.3) is 0 Å². The van der Waals surface area contributed by atoms with E-state index in [-0.39, 0.29) is 11.8 Å². The van der Waals surface area contributed by atoms with Crippen molar-refractivity contribution < 1.29 is 4.79 Å². The van der Waals surface area contributed by atoms with Gasteiger partial charge in [-0.1, -0.05) is 26.0 Å². The molecule has 1 aliphatic rings. The number of hydrogen-bond donors (Lipinski definition) is 2. The fraction of sp³-hybridized carbons (Fsp3) is 0.522. The Kier molecular flexibility index (Phi) is 7.49. The Morgan fingerprint density at radius 3 is 2.90 bits per heavy atom. The molecule has 0 saturated carbocycles. The molecule has 0 bridgehead atoms. The van der Waals surface area contributed by atoms with E-state index < -0.39 is 0 Å². The predicted octanol–water partition coefficient (Wildman–Crippen LogP) is 3.36. The maximum atomic E-state index is 12.2. The number of hydrogen-bond acceptors (Lipinski definition) is 3. The molecule has 2 heterocycles. The Morgan fingerprint density at radius 1 is 1.37 bits per heavy atom. The van der Waals surface area contributed by atoms with Crippen LogP contribution in [0.5, 0.6) is 0 Å². The first-order valence-corrected chi connectivity index (χ1v) is 10.9. The molecular formula is C23H34N6O. The molecule has 1 saturated heterocycles. The van der Waals surface area contributed by atoms with Gasteiger partial charge in [0.25, 0.3) is 0 Å². The first-order valence-electron chi connectivity index (χ1n) is 10.9. The summed E-state index contributed by atoms with van der Waals surface area (Å²) < 4.78 is 1.87. The number of amides is 1. The second kappa shape index (κ2) is 10.3. The van der Waals surface area contributed by atoms with E-state index in [1.54, 1.807) is 0 Å². The molecule has 0 aliphatic carbocycles. The fourth-order valence-corrected chi connectivity index (χ4v) is 3.67. The second-order valence-electron chi connectivity index (χ2n) is 8.05. The summed E-state index contributed by atoms with van der Waals surface area (Å²) in [5, 5.41) is 10.7. The smallest absolute Gasteiger partial charge is 0.227 e. The molecule has 3 rings (SSSR count). The fourth-order valence-electron chi connectivity index (χ4n) is 3.67. The number of benzene rings is 1. The number of carbonyl (C=O) groups excluding carboxylic acids is 1. The summed E-state index contributed by atoms with van der Waals surface area (Å²) in [4.78, 5) is 19.4. The maximum Gasteiger partial charge on any atom is 0.227 e. The van der Waals surface area contributed by atoms with Gasteiger partial charge in [-0.05, 0) is 43.0 Å². The number of aromatic nitrogens is 2. The van der Waals surface area contributed by atoms with Crippen LogP contribution in [0.4, 0.5) is 5.69 Å². The summed E-state index contributed by atoms with van der Waals surface area (Å²) in [5.41, 5.74) is 3.20. The summed E-state index contributed by atoms with van der Waals surface area (Å²) in [6.45, 7) is 9.39. The number of aliphatic imine (C=N–C) groups is 1. The Bertz CT molecular complexity index is 874. The molecule has 2 atom stereocenters. The molecule has 7 nitrogen and oxygen atoms in total. The summed E-state index contributed by atoms with van der Waals surface area (Å²) in [7, 11) is 1.96. The number of likely N-dealkylation sites (tertiary alicyclic amines) is 1. The van der Waals surface area contributed by atoms with E-state index in [2.05, 4.69) is 33.8 Å². The SMILES string of the molecule is CCNC(=NCc1cccc(NC(=O)C(C)CC)c1)N1CCC(c2cnn(C)c2)C1. The van der Waals surface area contributed by atoms with Gasteiger partial charge in [-0.3, -0.25) is 9.48 Å². The summed E-state index contributed by atoms with van der Waals surface area (Å²) in [5.74, 6) is 1.50. The normalized spacial score (nSPS) is 17.8. The van der Waals surface area contributed by atoms with Gasteiger partial charge in [-0.2, -0.15) is 5.10 Å². The highest BCUT2D eigenvalue weighted by atomic mass is 16.1. The first kappa shape index (κ1) is 21.9. The van der Waals surface area contributed by atoms with Gasteiger partial charge in [0.15, 0.2) is 5.96 Å². The van der Waals surface area contributed by atoms with E-state index in [1.165, 1.54) is 5.56 Å². The highest BCUT2D eigenvalue weighted by Gasteiger charge is 2.26. The molecule has 0 radical (unpaired) electrons. The number of carbonyl (C=O) groups is 1. The molecule has 30 heavy (non-hydrogen) atoms. The van der Waals surface area contributed by atoms with Crippen LogP contribution in [0.3, 0.4) is 0 Å². The van der Waals surface area contributed by atoms with Crippen molar-refractivity contribution in [2.45, 2.75) is 46.1 Å². The van der Waals surface area contributed by atoms with Crippen LogP contribution in [0, 0.1) is 5.92 Å². The largest absolute Gasteiger partial charge is 0.357 e. The number of rotatable bonds is 7. The molecule has 2 N–H and O–H groups in total. The topological polar surface area (TPSA) is 74.6 Å². The van der Waals surface area contributed by atoms with E-state index in [0.717, 1.165) is 49.7 Å². The average molecular weight is 411 g/mol. The van der Waals surface area contributed by atoms with Crippen molar-refractivity contribution in [3.63, 3.8) is 0 Å². The lowest BCUT2D eigenvalue weighted by molar-refractivity contribution is -0.119. The number of nitrogens with zero attached hydrogens (tertiary/aromatic N) is 4. The zero-order valence-corrected chi connectivity index (χ0v) is 18.6. The summed E-state index contributed by atoms with van der Waals surface area (Å²) in [6.07, 6.45) is 6.01. The third kappa shape index (κ3) is 5.62. The predicted molar refractivity (Wildman–Crippen MR) is 121 cm³/mol. The van der Waals surface area contributed by atoms with Gasteiger partial charge >= 0.3 is 0 Å².